The molecular weight excluding hydrogens is 388 g/mol. The molecule has 0 N–H and O–H groups in total. The van der Waals surface area contributed by atoms with Crippen LogP contribution in [-0.2, 0) is 14.3 Å². The van der Waals surface area contributed by atoms with Gasteiger partial charge in [0.25, 0.3) is 0 Å². The Labute approximate surface area is 189 Å². The zero-order valence-electron chi connectivity index (χ0n) is 19.9. The molecule has 2 atom stereocenters. The lowest BCUT2D eigenvalue weighted by atomic mass is 9.79. The number of unbranched alkanes of at least 4 members (excludes halogenated alkanes) is 8. The molecule has 0 aliphatic heterocycles. The van der Waals surface area contributed by atoms with Gasteiger partial charge in [-0.1, -0.05) is 77.2 Å². The Bertz CT molecular complexity index is 662. The van der Waals surface area contributed by atoms with E-state index in [2.05, 4.69) is 6.92 Å². The molecule has 0 saturated heterocycles. The smallest absolute Gasteiger partial charge is 0.315 e. The van der Waals surface area contributed by atoms with Crippen molar-refractivity contribution in [3.05, 3.63) is 29.3 Å². The largest absolute Gasteiger partial charge is 0.465 e. The predicted molar refractivity (Wildman–Crippen MR) is 125 cm³/mol. The third kappa shape index (κ3) is 9.45. The van der Waals surface area contributed by atoms with E-state index in [1.54, 1.807) is 0 Å². The van der Waals surface area contributed by atoms with E-state index in [1.807, 2.05) is 32.0 Å². The lowest BCUT2D eigenvalue weighted by Gasteiger charge is -2.28. The van der Waals surface area contributed by atoms with Crippen LogP contribution < -0.4 is 4.74 Å². The number of carbonyl (C=O) groups is 2. The SMILES string of the molecule is CCCCCCCCCCCOC(=O)C1CCCCC1C(=O)Oc1cc(C)cc(C)c1. The Morgan fingerprint density at radius 1 is 0.774 bits per heavy atom. The zero-order chi connectivity index (χ0) is 22.5. The van der Waals surface area contributed by atoms with Gasteiger partial charge in [-0.05, 0) is 56.4 Å². The second-order valence-corrected chi connectivity index (χ2v) is 9.24. The van der Waals surface area contributed by atoms with E-state index in [1.165, 1.54) is 44.9 Å². The van der Waals surface area contributed by atoms with Crippen LogP contribution >= 0.6 is 0 Å². The van der Waals surface area contributed by atoms with Crippen LogP contribution in [0.25, 0.3) is 0 Å². The van der Waals surface area contributed by atoms with Gasteiger partial charge in [-0.25, -0.2) is 0 Å². The molecule has 0 aromatic heterocycles. The molecule has 2 rings (SSSR count). The zero-order valence-corrected chi connectivity index (χ0v) is 19.9. The highest BCUT2D eigenvalue weighted by molar-refractivity contribution is 5.83. The Balaban J connectivity index is 1.71. The summed E-state index contributed by atoms with van der Waals surface area (Å²) in [7, 11) is 0. The molecule has 2 unspecified atom stereocenters. The average molecular weight is 431 g/mol. The van der Waals surface area contributed by atoms with Gasteiger partial charge in [0.1, 0.15) is 5.75 Å². The Kier molecular flexibility index (Phi) is 11.7. The summed E-state index contributed by atoms with van der Waals surface area (Å²) in [4.78, 5) is 25.5. The van der Waals surface area contributed by atoms with E-state index < -0.39 is 5.92 Å². The van der Waals surface area contributed by atoms with Gasteiger partial charge in [-0.15, -0.1) is 0 Å². The fourth-order valence-corrected chi connectivity index (χ4v) is 4.57. The molecule has 0 radical (unpaired) electrons. The second-order valence-electron chi connectivity index (χ2n) is 9.24. The van der Waals surface area contributed by atoms with Crippen molar-refractivity contribution in [2.24, 2.45) is 11.8 Å². The predicted octanol–water partition coefficient (Wildman–Crippen LogP) is 7.09. The first-order chi connectivity index (χ1) is 15.0. The van der Waals surface area contributed by atoms with Crippen molar-refractivity contribution < 1.29 is 19.1 Å². The van der Waals surface area contributed by atoms with Gasteiger partial charge in [-0.2, -0.15) is 0 Å². The average Bonchev–Trinajstić information content (AvgIpc) is 2.74. The molecule has 31 heavy (non-hydrogen) atoms. The standard InChI is InChI=1S/C27H42O4/c1-4-5-6-7-8-9-10-11-14-17-30-26(28)24-15-12-13-16-25(24)27(29)31-23-19-21(2)18-22(3)20-23/h18-20,24-25H,4-17H2,1-3H3. The van der Waals surface area contributed by atoms with Crippen molar-refractivity contribution in [2.45, 2.75) is 104 Å². The maximum atomic E-state index is 12.8. The summed E-state index contributed by atoms with van der Waals surface area (Å²) in [5.41, 5.74) is 2.12. The number of ether oxygens (including phenoxy) is 2. The van der Waals surface area contributed by atoms with Crippen molar-refractivity contribution in [3.63, 3.8) is 0 Å². The summed E-state index contributed by atoms with van der Waals surface area (Å²) in [6.45, 7) is 6.67. The minimum Gasteiger partial charge on any atom is -0.465 e. The van der Waals surface area contributed by atoms with Crippen LogP contribution in [0.5, 0.6) is 5.75 Å². The molecule has 1 aliphatic rings. The maximum absolute atomic E-state index is 12.8. The van der Waals surface area contributed by atoms with E-state index >= 15 is 0 Å². The first-order valence-corrected chi connectivity index (χ1v) is 12.5. The maximum Gasteiger partial charge on any atom is 0.315 e. The number of rotatable bonds is 13. The molecule has 174 valence electrons. The molecule has 1 aromatic carbocycles. The summed E-state index contributed by atoms with van der Waals surface area (Å²) >= 11 is 0. The van der Waals surface area contributed by atoms with Gasteiger partial charge in [0.15, 0.2) is 0 Å². The number of carbonyl (C=O) groups excluding carboxylic acids is 2. The summed E-state index contributed by atoms with van der Waals surface area (Å²) < 4.78 is 11.2. The van der Waals surface area contributed by atoms with Gasteiger partial charge in [0.2, 0.25) is 0 Å². The van der Waals surface area contributed by atoms with E-state index in [-0.39, 0.29) is 17.9 Å². The first-order valence-electron chi connectivity index (χ1n) is 12.5. The second kappa shape index (κ2) is 14.3. The van der Waals surface area contributed by atoms with Crippen molar-refractivity contribution in [3.8, 4) is 5.75 Å². The first kappa shape index (κ1) is 25.4. The molecule has 4 nitrogen and oxygen atoms in total. The number of hydrogen-bond acceptors (Lipinski definition) is 4. The highest BCUT2D eigenvalue weighted by Crippen LogP contribution is 2.33. The normalized spacial score (nSPS) is 18.5. The highest BCUT2D eigenvalue weighted by atomic mass is 16.5. The monoisotopic (exact) mass is 430 g/mol. The molecule has 0 spiro atoms. The lowest BCUT2D eigenvalue weighted by Crippen LogP contribution is -2.36. The molecule has 1 saturated carbocycles. The third-order valence-corrected chi connectivity index (χ3v) is 6.28. The van der Waals surface area contributed by atoms with Crippen LogP contribution in [0.2, 0.25) is 0 Å². The summed E-state index contributed by atoms with van der Waals surface area (Å²) in [5, 5.41) is 0. The van der Waals surface area contributed by atoms with Crippen LogP contribution in [0.15, 0.2) is 18.2 Å². The van der Waals surface area contributed by atoms with Gasteiger partial charge in [0, 0.05) is 0 Å². The quantitative estimate of drug-likeness (QED) is 0.190. The van der Waals surface area contributed by atoms with Crippen LogP contribution in [0.4, 0.5) is 0 Å². The Hall–Kier alpha value is -1.84. The topological polar surface area (TPSA) is 52.6 Å². The van der Waals surface area contributed by atoms with E-state index in [0.29, 0.717) is 25.2 Å². The van der Waals surface area contributed by atoms with Crippen LogP contribution in [0, 0.1) is 25.7 Å². The molecule has 1 fully saturated rings. The fraction of sp³-hybridized carbons (Fsp3) is 0.704. The summed E-state index contributed by atoms with van der Waals surface area (Å²) in [6, 6.07) is 5.78. The van der Waals surface area contributed by atoms with E-state index in [9.17, 15) is 9.59 Å². The minimum absolute atomic E-state index is 0.221. The van der Waals surface area contributed by atoms with E-state index in [4.69, 9.17) is 9.47 Å². The molecule has 4 heteroatoms. The van der Waals surface area contributed by atoms with Crippen molar-refractivity contribution >= 4 is 11.9 Å². The molecule has 0 bridgehead atoms. The minimum atomic E-state index is -0.398. The van der Waals surface area contributed by atoms with Gasteiger partial charge in [0.05, 0.1) is 18.4 Å². The molecule has 1 aromatic rings. The van der Waals surface area contributed by atoms with Crippen LogP contribution in [0.3, 0.4) is 0 Å². The molecular formula is C27H42O4. The van der Waals surface area contributed by atoms with Crippen LogP contribution in [0.1, 0.15) is 102 Å². The van der Waals surface area contributed by atoms with Gasteiger partial charge >= 0.3 is 11.9 Å². The number of hydrogen-bond donors (Lipinski definition) is 0. The Morgan fingerprint density at radius 3 is 1.87 bits per heavy atom. The highest BCUT2D eigenvalue weighted by Gasteiger charge is 2.38. The summed E-state index contributed by atoms with van der Waals surface area (Å²) in [5.74, 6) is -0.720. The lowest BCUT2D eigenvalue weighted by molar-refractivity contribution is -0.158. The van der Waals surface area contributed by atoms with Crippen molar-refractivity contribution in [2.75, 3.05) is 6.61 Å². The Morgan fingerprint density at radius 2 is 1.29 bits per heavy atom. The molecule has 0 heterocycles. The van der Waals surface area contributed by atoms with Crippen molar-refractivity contribution in [1.82, 2.24) is 0 Å². The van der Waals surface area contributed by atoms with Crippen molar-refractivity contribution in [1.29, 1.82) is 0 Å². The number of benzene rings is 1. The van der Waals surface area contributed by atoms with Gasteiger partial charge in [-0.3, -0.25) is 9.59 Å². The number of esters is 2. The van der Waals surface area contributed by atoms with Gasteiger partial charge < -0.3 is 9.47 Å². The van der Waals surface area contributed by atoms with E-state index in [0.717, 1.165) is 36.8 Å². The molecule has 0 amide bonds. The third-order valence-electron chi connectivity index (χ3n) is 6.28. The van der Waals surface area contributed by atoms with Crippen LogP contribution in [-0.4, -0.2) is 18.5 Å². The number of aryl methyl sites for hydroxylation is 2. The molecule has 1 aliphatic carbocycles. The fourth-order valence-electron chi connectivity index (χ4n) is 4.57. The summed E-state index contributed by atoms with van der Waals surface area (Å²) in [6.07, 6.45) is 14.4.